The molecule has 6 heteroatoms. The standard InChI is InChI=1S/C27H26O6/c1-4-10-18(11-5-1)16-28-27-24-23(32-26(33-24)20-14-8-3-9-15-20)22-21(30-27)17-29-25(31-22)19-12-6-2-7-13-19/h1-15,21-27H,16-17H2/t21-,22+,23+,24+,25-,26-,27+/m1/s1. The Labute approximate surface area is 192 Å². The van der Waals surface area contributed by atoms with Gasteiger partial charge in [0.25, 0.3) is 0 Å². The largest absolute Gasteiger partial charge is 0.346 e. The maximum absolute atomic E-state index is 6.42. The summed E-state index contributed by atoms with van der Waals surface area (Å²) in [5, 5.41) is 0. The molecule has 0 aliphatic carbocycles. The van der Waals surface area contributed by atoms with Crippen molar-refractivity contribution < 1.29 is 28.4 Å². The molecule has 0 saturated carbocycles. The molecule has 3 aromatic carbocycles. The molecule has 3 fully saturated rings. The molecular formula is C27H26O6. The molecule has 0 unspecified atom stereocenters. The minimum absolute atomic E-state index is 0.315. The molecule has 0 aromatic heterocycles. The van der Waals surface area contributed by atoms with Gasteiger partial charge in [0.1, 0.15) is 24.4 Å². The van der Waals surface area contributed by atoms with Crippen LogP contribution in [0.3, 0.4) is 0 Å². The highest BCUT2D eigenvalue weighted by atomic mass is 16.8. The van der Waals surface area contributed by atoms with Gasteiger partial charge >= 0.3 is 0 Å². The maximum Gasteiger partial charge on any atom is 0.187 e. The van der Waals surface area contributed by atoms with Crippen LogP contribution in [-0.4, -0.2) is 37.3 Å². The van der Waals surface area contributed by atoms with E-state index >= 15 is 0 Å². The first-order valence-corrected chi connectivity index (χ1v) is 11.3. The summed E-state index contributed by atoms with van der Waals surface area (Å²) >= 11 is 0. The molecule has 3 saturated heterocycles. The molecule has 0 N–H and O–H groups in total. The van der Waals surface area contributed by atoms with E-state index in [0.29, 0.717) is 13.2 Å². The second-order valence-electron chi connectivity index (χ2n) is 8.46. The Morgan fingerprint density at radius 3 is 1.88 bits per heavy atom. The molecule has 0 radical (unpaired) electrons. The van der Waals surface area contributed by atoms with E-state index in [2.05, 4.69) is 0 Å². The number of benzene rings is 3. The van der Waals surface area contributed by atoms with Gasteiger partial charge < -0.3 is 28.4 Å². The molecule has 3 heterocycles. The highest BCUT2D eigenvalue weighted by Crippen LogP contribution is 2.43. The molecule has 3 aliphatic rings. The molecule has 0 bridgehead atoms. The van der Waals surface area contributed by atoms with Gasteiger partial charge in [-0.1, -0.05) is 91.0 Å². The quantitative estimate of drug-likeness (QED) is 0.574. The minimum atomic E-state index is -0.592. The third kappa shape index (κ3) is 4.34. The van der Waals surface area contributed by atoms with Crippen LogP contribution in [0.15, 0.2) is 91.0 Å². The van der Waals surface area contributed by atoms with Crippen LogP contribution in [0.1, 0.15) is 29.3 Å². The van der Waals surface area contributed by atoms with Gasteiger partial charge in [-0.15, -0.1) is 0 Å². The molecule has 0 spiro atoms. The van der Waals surface area contributed by atoms with Crippen LogP contribution in [0.25, 0.3) is 0 Å². The summed E-state index contributed by atoms with van der Waals surface area (Å²) in [6.07, 6.45) is -2.99. The second kappa shape index (κ2) is 9.35. The van der Waals surface area contributed by atoms with Gasteiger partial charge in [0.05, 0.1) is 13.2 Å². The van der Waals surface area contributed by atoms with Crippen LogP contribution in [0.2, 0.25) is 0 Å². The first kappa shape index (κ1) is 21.0. The van der Waals surface area contributed by atoms with Crippen molar-refractivity contribution in [1.29, 1.82) is 0 Å². The van der Waals surface area contributed by atoms with Gasteiger partial charge in [-0.05, 0) is 5.56 Å². The van der Waals surface area contributed by atoms with Crippen molar-refractivity contribution in [3.63, 3.8) is 0 Å². The highest BCUT2D eigenvalue weighted by molar-refractivity contribution is 5.19. The Morgan fingerprint density at radius 2 is 1.18 bits per heavy atom. The molecule has 170 valence electrons. The molecule has 6 rings (SSSR count). The third-order valence-corrected chi connectivity index (χ3v) is 6.25. The van der Waals surface area contributed by atoms with E-state index in [4.69, 9.17) is 28.4 Å². The fourth-order valence-corrected chi connectivity index (χ4v) is 4.60. The first-order valence-electron chi connectivity index (χ1n) is 11.3. The Balaban J connectivity index is 1.24. The van der Waals surface area contributed by atoms with Crippen molar-refractivity contribution in [3.8, 4) is 0 Å². The number of ether oxygens (including phenoxy) is 6. The SMILES string of the molecule is c1ccc(CO[C@H]2O[C@@H]3CO[C@@H](c4ccccc4)O[C@@H]3[C@@H]3O[C@@H](c4ccccc4)O[C@H]23)cc1. The van der Waals surface area contributed by atoms with Crippen molar-refractivity contribution in [2.24, 2.45) is 0 Å². The predicted octanol–water partition coefficient (Wildman–Crippen LogP) is 4.53. The average Bonchev–Trinajstić information content (AvgIpc) is 3.35. The minimum Gasteiger partial charge on any atom is -0.346 e. The monoisotopic (exact) mass is 446 g/mol. The molecule has 7 atom stereocenters. The molecule has 33 heavy (non-hydrogen) atoms. The maximum atomic E-state index is 6.42. The summed E-state index contributed by atoms with van der Waals surface area (Å²) in [6, 6.07) is 29.9. The van der Waals surface area contributed by atoms with E-state index in [1.807, 2.05) is 91.0 Å². The van der Waals surface area contributed by atoms with Gasteiger partial charge in [0, 0.05) is 11.1 Å². The van der Waals surface area contributed by atoms with Gasteiger partial charge in [-0.2, -0.15) is 0 Å². The van der Waals surface area contributed by atoms with E-state index in [1.54, 1.807) is 0 Å². The molecule has 3 aromatic rings. The zero-order valence-corrected chi connectivity index (χ0v) is 18.1. The van der Waals surface area contributed by atoms with Crippen molar-refractivity contribution in [1.82, 2.24) is 0 Å². The summed E-state index contributed by atoms with van der Waals surface area (Å²) < 4.78 is 37.7. The molecule has 6 nitrogen and oxygen atoms in total. The van der Waals surface area contributed by atoms with Crippen molar-refractivity contribution in [2.45, 2.75) is 49.9 Å². The molecule has 3 aliphatic heterocycles. The number of rotatable bonds is 5. The van der Waals surface area contributed by atoms with Crippen LogP contribution in [0.4, 0.5) is 0 Å². The fraction of sp³-hybridized carbons (Fsp3) is 0.333. The van der Waals surface area contributed by atoms with Crippen molar-refractivity contribution in [2.75, 3.05) is 6.61 Å². The summed E-state index contributed by atoms with van der Waals surface area (Å²) in [6.45, 7) is 0.803. The molecule has 0 amide bonds. The zero-order chi connectivity index (χ0) is 22.0. The Hall–Kier alpha value is -2.58. The predicted molar refractivity (Wildman–Crippen MR) is 119 cm³/mol. The lowest BCUT2D eigenvalue weighted by atomic mass is 9.98. The fourth-order valence-electron chi connectivity index (χ4n) is 4.60. The van der Waals surface area contributed by atoms with Gasteiger partial charge in [-0.25, -0.2) is 0 Å². The third-order valence-electron chi connectivity index (χ3n) is 6.25. The summed E-state index contributed by atoms with van der Waals surface area (Å²) in [5.74, 6) is 0. The number of hydrogen-bond acceptors (Lipinski definition) is 6. The highest BCUT2D eigenvalue weighted by Gasteiger charge is 2.56. The Morgan fingerprint density at radius 1 is 0.606 bits per heavy atom. The lowest BCUT2D eigenvalue weighted by molar-refractivity contribution is -0.348. The number of fused-ring (bicyclic) bond motifs is 3. The van der Waals surface area contributed by atoms with Gasteiger partial charge in [0.15, 0.2) is 18.9 Å². The van der Waals surface area contributed by atoms with E-state index in [-0.39, 0.29) is 18.3 Å². The van der Waals surface area contributed by atoms with Crippen LogP contribution < -0.4 is 0 Å². The lowest BCUT2D eigenvalue weighted by Crippen LogP contribution is -2.61. The lowest BCUT2D eigenvalue weighted by Gasteiger charge is -2.45. The summed E-state index contributed by atoms with van der Waals surface area (Å²) in [5.41, 5.74) is 2.99. The zero-order valence-electron chi connectivity index (χ0n) is 18.1. The van der Waals surface area contributed by atoms with Crippen LogP contribution in [0, 0.1) is 0 Å². The van der Waals surface area contributed by atoms with Crippen molar-refractivity contribution in [3.05, 3.63) is 108 Å². The van der Waals surface area contributed by atoms with Gasteiger partial charge in [-0.3, -0.25) is 0 Å². The topological polar surface area (TPSA) is 55.4 Å². The van der Waals surface area contributed by atoms with Crippen LogP contribution in [-0.2, 0) is 35.0 Å². The number of hydrogen-bond donors (Lipinski definition) is 0. The Bertz CT molecular complexity index is 1030. The van der Waals surface area contributed by atoms with E-state index in [9.17, 15) is 0 Å². The van der Waals surface area contributed by atoms with E-state index in [0.717, 1.165) is 16.7 Å². The second-order valence-corrected chi connectivity index (χ2v) is 8.46. The average molecular weight is 446 g/mol. The van der Waals surface area contributed by atoms with E-state index < -0.39 is 25.0 Å². The molecular weight excluding hydrogens is 420 g/mol. The summed E-state index contributed by atoms with van der Waals surface area (Å²) in [4.78, 5) is 0. The van der Waals surface area contributed by atoms with E-state index in [1.165, 1.54) is 0 Å². The summed E-state index contributed by atoms with van der Waals surface area (Å²) in [7, 11) is 0. The van der Waals surface area contributed by atoms with Crippen molar-refractivity contribution >= 4 is 0 Å². The van der Waals surface area contributed by atoms with Crippen LogP contribution >= 0.6 is 0 Å². The first-order chi connectivity index (χ1) is 16.3. The normalized spacial score (nSPS) is 33.3. The smallest absolute Gasteiger partial charge is 0.187 e. The van der Waals surface area contributed by atoms with Crippen LogP contribution in [0.5, 0.6) is 0 Å². The van der Waals surface area contributed by atoms with Gasteiger partial charge in [0.2, 0.25) is 0 Å². The Kier molecular flexibility index (Phi) is 5.94.